The van der Waals surface area contributed by atoms with Crippen LogP contribution in [0.4, 0.5) is 0 Å². The molecule has 0 radical (unpaired) electrons. The molecule has 4 rings (SSSR count). The first-order valence-electron chi connectivity index (χ1n) is 12.6. The maximum absolute atomic E-state index is 13.2. The Labute approximate surface area is 202 Å². The zero-order valence-corrected chi connectivity index (χ0v) is 20.1. The molecule has 1 saturated heterocycles. The van der Waals surface area contributed by atoms with Gasteiger partial charge in [-0.15, -0.1) is 0 Å². The first kappa shape index (κ1) is 24.3. The summed E-state index contributed by atoms with van der Waals surface area (Å²) in [5.74, 6) is 0.539. The lowest BCUT2D eigenvalue weighted by atomic mass is 10.0. The number of nitrogens with zero attached hydrogens (tertiary/aromatic N) is 1. The average molecular weight is 465 g/mol. The fraction of sp³-hybridized carbons (Fsp3) is 0.500. The Bertz CT molecular complexity index is 1000. The Morgan fingerprint density at radius 1 is 1.03 bits per heavy atom. The smallest absolute Gasteiger partial charge is 0.305 e. The topological polar surface area (TPSA) is 67.9 Å². The summed E-state index contributed by atoms with van der Waals surface area (Å²) in [5.41, 5.74) is 0.649. The third-order valence-electron chi connectivity index (χ3n) is 6.81. The first-order chi connectivity index (χ1) is 16.6. The highest BCUT2D eigenvalue weighted by atomic mass is 16.5. The quantitative estimate of drug-likeness (QED) is 0.299. The van der Waals surface area contributed by atoms with Gasteiger partial charge in [0, 0.05) is 37.0 Å². The minimum Gasteiger partial charge on any atom is -0.488 e. The van der Waals surface area contributed by atoms with E-state index in [9.17, 15) is 9.59 Å². The number of methoxy groups -OCH3 is 1. The molecule has 1 N–H and O–H groups in total. The van der Waals surface area contributed by atoms with E-state index in [2.05, 4.69) is 22.3 Å². The summed E-state index contributed by atoms with van der Waals surface area (Å²) in [6.07, 6.45) is 9.30. The fourth-order valence-electron chi connectivity index (χ4n) is 4.61. The van der Waals surface area contributed by atoms with Gasteiger partial charge in [-0.1, -0.05) is 42.5 Å². The lowest BCUT2D eigenvalue weighted by Gasteiger charge is -2.32. The van der Waals surface area contributed by atoms with E-state index in [1.807, 2.05) is 36.4 Å². The van der Waals surface area contributed by atoms with Crippen molar-refractivity contribution in [1.82, 2.24) is 10.2 Å². The SMILES string of the molecule is COC(=O)CCCC/C=C(\COc1cccc2ccccc12)C(=O)NC1CCN(C2CC2)CC1. The minimum atomic E-state index is -0.196. The number of carbonyl (C=O) groups is 2. The van der Waals surface area contributed by atoms with Crippen molar-refractivity contribution in [1.29, 1.82) is 0 Å². The molecular weight excluding hydrogens is 428 g/mol. The van der Waals surface area contributed by atoms with Crippen molar-refractivity contribution in [2.75, 3.05) is 26.8 Å². The number of amides is 1. The maximum atomic E-state index is 13.2. The average Bonchev–Trinajstić information content (AvgIpc) is 3.71. The predicted molar refractivity (Wildman–Crippen MR) is 134 cm³/mol. The number of allylic oxidation sites excluding steroid dienone is 1. The zero-order valence-electron chi connectivity index (χ0n) is 20.1. The third-order valence-corrected chi connectivity index (χ3v) is 6.81. The van der Waals surface area contributed by atoms with Crippen LogP contribution >= 0.6 is 0 Å². The molecule has 6 heteroatoms. The summed E-state index contributed by atoms with van der Waals surface area (Å²) in [6, 6.07) is 15.1. The third kappa shape index (κ3) is 6.83. The molecule has 34 heavy (non-hydrogen) atoms. The van der Waals surface area contributed by atoms with Crippen LogP contribution in [0.5, 0.6) is 5.75 Å². The van der Waals surface area contributed by atoms with E-state index in [4.69, 9.17) is 9.47 Å². The van der Waals surface area contributed by atoms with E-state index in [1.54, 1.807) is 0 Å². The second-order valence-corrected chi connectivity index (χ2v) is 9.33. The van der Waals surface area contributed by atoms with Crippen molar-refractivity contribution < 1.29 is 19.1 Å². The molecule has 1 saturated carbocycles. The van der Waals surface area contributed by atoms with Crippen LogP contribution in [-0.2, 0) is 14.3 Å². The van der Waals surface area contributed by atoms with Gasteiger partial charge in [0.2, 0.25) is 0 Å². The van der Waals surface area contributed by atoms with Crippen molar-refractivity contribution in [2.24, 2.45) is 0 Å². The number of carbonyl (C=O) groups excluding carboxylic acids is 2. The molecule has 0 bridgehead atoms. The number of nitrogens with one attached hydrogen (secondary N) is 1. The Kier molecular flexibility index (Phi) is 8.58. The van der Waals surface area contributed by atoms with Crippen LogP contribution in [0.1, 0.15) is 51.4 Å². The van der Waals surface area contributed by atoms with Gasteiger partial charge in [0.05, 0.1) is 12.7 Å². The molecule has 0 aromatic heterocycles. The number of hydrogen-bond acceptors (Lipinski definition) is 5. The summed E-state index contributed by atoms with van der Waals surface area (Å²) < 4.78 is 10.9. The number of esters is 1. The number of rotatable bonds is 11. The Morgan fingerprint density at radius 3 is 2.56 bits per heavy atom. The van der Waals surface area contributed by atoms with E-state index < -0.39 is 0 Å². The summed E-state index contributed by atoms with van der Waals surface area (Å²) in [5, 5.41) is 5.40. The first-order valence-corrected chi connectivity index (χ1v) is 12.6. The molecule has 0 unspecified atom stereocenters. The van der Waals surface area contributed by atoms with Crippen LogP contribution in [0.25, 0.3) is 10.8 Å². The molecule has 2 aliphatic rings. The maximum Gasteiger partial charge on any atom is 0.305 e. The molecule has 2 fully saturated rings. The van der Waals surface area contributed by atoms with Gasteiger partial charge in [-0.2, -0.15) is 0 Å². The monoisotopic (exact) mass is 464 g/mol. The van der Waals surface area contributed by atoms with Gasteiger partial charge in [0.1, 0.15) is 12.4 Å². The summed E-state index contributed by atoms with van der Waals surface area (Å²) in [4.78, 5) is 27.1. The van der Waals surface area contributed by atoms with Gasteiger partial charge >= 0.3 is 5.97 Å². The zero-order chi connectivity index (χ0) is 23.8. The molecule has 1 heterocycles. The number of hydrogen-bond donors (Lipinski definition) is 1. The molecular formula is C28H36N2O4. The van der Waals surface area contributed by atoms with Crippen LogP contribution in [0, 0.1) is 0 Å². The molecule has 1 aliphatic carbocycles. The van der Waals surface area contributed by atoms with E-state index in [1.165, 1.54) is 20.0 Å². The molecule has 0 spiro atoms. The van der Waals surface area contributed by atoms with Crippen LogP contribution in [0.15, 0.2) is 54.1 Å². The lowest BCUT2D eigenvalue weighted by Crippen LogP contribution is -2.46. The summed E-state index contributed by atoms with van der Waals surface area (Å²) in [6.45, 7) is 2.35. The predicted octanol–water partition coefficient (Wildman–Crippen LogP) is 4.62. The lowest BCUT2D eigenvalue weighted by molar-refractivity contribution is -0.140. The van der Waals surface area contributed by atoms with Gasteiger partial charge in [-0.3, -0.25) is 9.59 Å². The van der Waals surface area contributed by atoms with Crippen LogP contribution in [0.2, 0.25) is 0 Å². The second-order valence-electron chi connectivity index (χ2n) is 9.33. The van der Waals surface area contributed by atoms with Gasteiger partial charge in [0.25, 0.3) is 5.91 Å². The molecule has 2 aromatic carbocycles. The number of piperidine rings is 1. The number of likely N-dealkylation sites (tertiary alicyclic amines) is 1. The van der Waals surface area contributed by atoms with Gasteiger partial charge in [-0.05, 0) is 56.4 Å². The highest BCUT2D eigenvalue weighted by Gasteiger charge is 2.32. The van der Waals surface area contributed by atoms with Crippen molar-refractivity contribution >= 4 is 22.6 Å². The molecule has 6 nitrogen and oxygen atoms in total. The van der Waals surface area contributed by atoms with Crippen LogP contribution in [0.3, 0.4) is 0 Å². The normalized spacial score (nSPS) is 17.5. The fourth-order valence-corrected chi connectivity index (χ4v) is 4.61. The van der Waals surface area contributed by atoms with E-state index in [0.29, 0.717) is 12.0 Å². The second kappa shape index (κ2) is 12.0. The number of fused-ring (bicyclic) bond motifs is 1. The number of benzene rings is 2. The summed E-state index contributed by atoms with van der Waals surface area (Å²) >= 11 is 0. The van der Waals surface area contributed by atoms with Crippen molar-refractivity contribution in [3.63, 3.8) is 0 Å². The van der Waals surface area contributed by atoms with Crippen molar-refractivity contribution in [2.45, 2.75) is 63.5 Å². The largest absolute Gasteiger partial charge is 0.488 e. The van der Waals surface area contributed by atoms with E-state index >= 15 is 0 Å². The Morgan fingerprint density at radius 2 is 1.79 bits per heavy atom. The Hall–Kier alpha value is -2.86. The van der Waals surface area contributed by atoms with Crippen LogP contribution < -0.4 is 10.1 Å². The molecule has 0 atom stereocenters. The van der Waals surface area contributed by atoms with Crippen LogP contribution in [-0.4, -0.2) is 55.7 Å². The van der Waals surface area contributed by atoms with Crippen molar-refractivity contribution in [3.05, 3.63) is 54.1 Å². The number of ether oxygens (including phenoxy) is 2. The van der Waals surface area contributed by atoms with Gasteiger partial charge in [0.15, 0.2) is 0 Å². The Balaban J connectivity index is 1.36. The van der Waals surface area contributed by atoms with E-state index in [0.717, 1.165) is 67.8 Å². The van der Waals surface area contributed by atoms with E-state index in [-0.39, 0.29) is 24.5 Å². The van der Waals surface area contributed by atoms with Gasteiger partial charge < -0.3 is 19.7 Å². The van der Waals surface area contributed by atoms with Gasteiger partial charge in [-0.25, -0.2) is 0 Å². The van der Waals surface area contributed by atoms with Crippen molar-refractivity contribution in [3.8, 4) is 5.75 Å². The molecule has 182 valence electrons. The highest BCUT2D eigenvalue weighted by Crippen LogP contribution is 2.29. The number of unbranched alkanes of at least 4 members (excludes halogenated alkanes) is 2. The standard InChI is InChI=1S/C28H36N2O4/c1-33-27(31)13-4-2-3-9-22(20-34-26-12-7-10-21-8-5-6-11-25(21)26)28(32)29-23-16-18-30(19-17-23)24-14-15-24/h5-12,23-24H,2-4,13-20H2,1H3,(H,29,32)/b22-9+. The summed E-state index contributed by atoms with van der Waals surface area (Å²) in [7, 11) is 1.41. The minimum absolute atomic E-state index is 0.0434. The molecule has 1 aliphatic heterocycles. The molecule has 1 amide bonds. The highest BCUT2D eigenvalue weighted by molar-refractivity contribution is 5.94. The molecule has 2 aromatic rings.